The van der Waals surface area contributed by atoms with Crippen LogP contribution in [-0.2, 0) is 16.6 Å². The van der Waals surface area contributed by atoms with Crippen LogP contribution in [0, 0.1) is 6.92 Å². The molecule has 0 amide bonds. The highest BCUT2D eigenvalue weighted by atomic mass is 32.2. The maximum Gasteiger partial charge on any atom is 0.320 e. The van der Waals surface area contributed by atoms with Crippen molar-refractivity contribution >= 4 is 10.0 Å². The summed E-state index contributed by atoms with van der Waals surface area (Å²) in [6, 6.07) is 4.18. The summed E-state index contributed by atoms with van der Waals surface area (Å²) in [6.07, 6.45) is 2.40. The second-order valence-electron chi connectivity index (χ2n) is 4.29. The van der Waals surface area contributed by atoms with E-state index >= 15 is 0 Å². The monoisotopic (exact) mass is 317 g/mol. The molecule has 0 spiro atoms. The van der Waals surface area contributed by atoms with E-state index in [1.54, 1.807) is 6.92 Å². The van der Waals surface area contributed by atoms with Crippen LogP contribution < -0.4 is 9.88 Å². The van der Waals surface area contributed by atoms with Gasteiger partial charge in [0.05, 0.1) is 4.90 Å². The molecule has 0 radical (unpaired) electrons. The molecule has 0 aliphatic carbocycles. The minimum atomic E-state index is -3.80. The largest absolute Gasteiger partial charge is 0.486 e. The topological polar surface area (TPSA) is 87.2 Å². The molecular formula is C12H13F2N3O3S. The predicted octanol–water partition coefficient (Wildman–Crippen LogP) is 1.81. The number of nitrogens with zero attached hydrogens (tertiary/aromatic N) is 2. The smallest absolute Gasteiger partial charge is 0.320 e. The fraction of sp³-hybridized carbons (Fsp3) is 0.250. The fourth-order valence-electron chi connectivity index (χ4n) is 1.81. The highest BCUT2D eigenvalue weighted by molar-refractivity contribution is 7.89. The van der Waals surface area contributed by atoms with Gasteiger partial charge in [-0.1, -0.05) is 0 Å². The molecule has 0 aliphatic heterocycles. The maximum atomic E-state index is 12.6. The van der Waals surface area contributed by atoms with Crippen LogP contribution in [0.15, 0.2) is 35.5 Å². The lowest BCUT2D eigenvalue weighted by atomic mass is 10.2. The first-order chi connectivity index (χ1) is 9.79. The minimum Gasteiger partial charge on any atom is -0.486 e. The van der Waals surface area contributed by atoms with Gasteiger partial charge in [-0.15, -0.1) is 0 Å². The van der Waals surface area contributed by atoms with Gasteiger partial charge in [-0.2, -0.15) is 8.78 Å². The predicted molar refractivity (Wildman–Crippen MR) is 70.4 cm³/mol. The lowest BCUT2D eigenvalue weighted by molar-refractivity contribution is 0.0632. The number of benzene rings is 1. The van der Waals surface area contributed by atoms with Crippen molar-refractivity contribution in [1.82, 2.24) is 9.55 Å². The van der Waals surface area contributed by atoms with Crippen LogP contribution in [-0.4, -0.2) is 18.0 Å². The summed E-state index contributed by atoms with van der Waals surface area (Å²) in [6.45, 7) is -1.30. The zero-order chi connectivity index (χ0) is 15.6. The first-order valence-corrected chi connectivity index (χ1v) is 7.40. The number of sulfonamides is 1. The molecule has 114 valence electrons. The van der Waals surface area contributed by atoms with Crippen molar-refractivity contribution in [3.05, 3.63) is 42.0 Å². The minimum absolute atomic E-state index is 0.0102. The van der Waals surface area contributed by atoms with E-state index in [1.165, 1.54) is 24.4 Å². The van der Waals surface area contributed by atoms with Crippen LogP contribution >= 0.6 is 0 Å². The van der Waals surface area contributed by atoms with E-state index in [9.17, 15) is 17.2 Å². The second kappa shape index (κ2) is 5.78. The molecule has 21 heavy (non-hydrogen) atoms. The normalized spacial score (nSPS) is 11.9. The van der Waals surface area contributed by atoms with Crippen LogP contribution in [0.1, 0.15) is 17.9 Å². The molecule has 0 fully saturated rings. The van der Waals surface area contributed by atoms with E-state index in [0.717, 1.165) is 6.20 Å². The molecule has 9 heteroatoms. The molecular weight excluding hydrogens is 304 g/mol. The van der Waals surface area contributed by atoms with Crippen LogP contribution in [0.25, 0.3) is 0 Å². The number of alkyl halides is 2. The van der Waals surface area contributed by atoms with E-state index < -0.39 is 16.6 Å². The summed E-state index contributed by atoms with van der Waals surface area (Å²) in [4.78, 5) is 3.76. The van der Waals surface area contributed by atoms with Crippen LogP contribution in [0.2, 0.25) is 0 Å². The number of aromatic nitrogens is 2. The Labute approximate surface area is 120 Å². The number of halogens is 2. The molecule has 0 saturated carbocycles. The van der Waals surface area contributed by atoms with Crippen molar-refractivity contribution in [2.24, 2.45) is 5.14 Å². The molecule has 1 heterocycles. The van der Waals surface area contributed by atoms with Crippen molar-refractivity contribution in [2.75, 3.05) is 0 Å². The standard InChI is InChI=1S/C12H13F2N3O3S/c1-8-6-9(2-3-10(8)21(15,18)19)20-7-11-16-4-5-17(11)12(13)14/h2-6,12H,7H2,1H3,(H2,15,18,19). The van der Waals surface area contributed by atoms with E-state index in [1.807, 2.05) is 0 Å². The third-order valence-corrected chi connectivity index (χ3v) is 3.85. The highest BCUT2D eigenvalue weighted by Crippen LogP contribution is 2.21. The molecule has 0 bridgehead atoms. The van der Waals surface area contributed by atoms with Gasteiger partial charge in [-0.25, -0.2) is 18.5 Å². The number of nitrogens with two attached hydrogens (primary N) is 1. The molecule has 6 nitrogen and oxygen atoms in total. The SMILES string of the molecule is Cc1cc(OCc2nccn2C(F)F)ccc1S(N)(=O)=O. The Hall–Kier alpha value is -2.00. The van der Waals surface area contributed by atoms with E-state index in [4.69, 9.17) is 9.88 Å². The Kier molecular flexibility index (Phi) is 4.24. The van der Waals surface area contributed by atoms with Gasteiger partial charge in [-0.05, 0) is 30.7 Å². The molecule has 1 aromatic heterocycles. The van der Waals surface area contributed by atoms with Gasteiger partial charge in [0.25, 0.3) is 0 Å². The highest BCUT2D eigenvalue weighted by Gasteiger charge is 2.14. The van der Waals surface area contributed by atoms with Crippen molar-refractivity contribution < 1.29 is 21.9 Å². The summed E-state index contributed by atoms with van der Waals surface area (Å²) in [7, 11) is -3.80. The third-order valence-electron chi connectivity index (χ3n) is 2.78. The summed E-state index contributed by atoms with van der Waals surface area (Å²) in [5.74, 6) is 0.405. The number of hydrogen-bond acceptors (Lipinski definition) is 4. The van der Waals surface area contributed by atoms with Crippen LogP contribution in [0.3, 0.4) is 0 Å². The average Bonchev–Trinajstić information content (AvgIpc) is 2.83. The zero-order valence-corrected chi connectivity index (χ0v) is 11.8. The molecule has 0 saturated heterocycles. The molecule has 2 aromatic rings. The number of ether oxygens (including phenoxy) is 1. The number of rotatable bonds is 5. The first-order valence-electron chi connectivity index (χ1n) is 5.85. The number of hydrogen-bond donors (Lipinski definition) is 1. The van der Waals surface area contributed by atoms with Gasteiger partial charge in [0.2, 0.25) is 10.0 Å². The van der Waals surface area contributed by atoms with Gasteiger partial charge in [0.15, 0.2) is 5.82 Å². The lowest BCUT2D eigenvalue weighted by Crippen LogP contribution is -2.13. The molecule has 0 atom stereocenters. The zero-order valence-electron chi connectivity index (χ0n) is 11.0. The average molecular weight is 317 g/mol. The van der Waals surface area contributed by atoms with Crippen molar-refractivity contribution in [1.29, 1.82) is 0 Å². The number of aryl methyl sites for hydroxylation is 1. The maximum absolute atomic E-state index is 12.6. The number of primary sulfonamides is 1. The summed E-state index contributed by atoms with van der Waals surface area (Å²) < 4.78 is 53.8. The molecule has 0 unspecified atom stereocenters. The third kappa shape index (κ3) is 3.56. The summed E-state index contributed by atoms with van der Waals surface area (Å²) in [5.41, 5.74) is 0.409. The van der Waals surface area contributed by atoms with Gasteiger partial charge in [-0.3, -0.25) is 4.57 Å². The Bertz CT molecular complexity index is 744. The Morgan fingerprint density at radius 3 is 2.71 bits per heavy atom. The molecule has 1 aromatic carbocycles. The van der Waals surface area contributed by atoms with E-state index in [2.05, 4.69) is 4.98 Å². The Morgan fingerprint density at radius 2 is 2.14 bits per heavy atom. The second-order valence-corrected chi connectivity index (χ2v) is 5.82. The molecule has 2 N–H and O–H groups in total. The molecule has 2 rings (SSSR count). The van der Waals surface area contributed by atoms with Crippen molar-refractivity contribution in [3.8, 4) is 5.75 Å². The fourth-order valence-corrected chi connectivity index (χ4v) is 2.58. The van der Waals surface area contributed by atoms with Crippen molar-refractivity contribution in [3.63, 3.8) is 0 Å². The summed E-state index contributed by atoms with van der Waals surface area (Å²) >= 11 is 0. The van der Waals surface area contributed by atoms with Gasteiger partial charge in [0.1, 0.15) is 12.4 Å². The Morgan fingerprint density at radius 1 is 1.43 bits per heavy atom. The first kappa shape index (κ1) is 15.4. The van der Waals surface area contributed by atoms with E-state index in [0.29, 0.717) is 15.9 Å². The summed E-state index contributed by atoms with van der Waals surface area (Å²) in [5, 5.41) is 5.05. The van der Waals surface area contributed by atoms with Crippen molar-refractivity contribution in [2.45, 2.75) is 25.0 Å². The Balaban J connectivity index is 2.14. The lowest BCUT2D eigenvalue weighted by Gasteiger charge is -2.10. The molecule has 0 aliphatic rings. The van der Waals surface area contributed by atoms with E-state index in [-0.39, 0.29) is 17.3 Å². The van der Waals surface area contributed by atoms with Crippen LogP contribution in [0.5, 0.6) is 5.75 Å². The van der Waals surface area contributed by atoms with Gasteiger partial charge in [0, 0.05) is 12.4 Å². The number of imidazole rings is 1. The van der Waals surface area contributed by atoms with Gasteiger partial charge >= 0.3 is 6.55 Å². The van der Waals surface area contributed by atoms with Gasteiger partial charge < -0.3 is 4.74 Å². The van der Waals surface area contributed by atoms with Crippen LogP contribution in [0.4, 0.5) is 8.78 Å². The quantitative estimate of drug-likeness (QED) is 0.911.